The molecule has 2 aromatic heterocycles. The molecule has 0 aliphatic heterocycles. The molecule has 8 nitrogen and oxygen atoms in total. The van der Waals surface area contributed by atoms with Crippen LogP contribution in [-0.2, 0) is 28.1 Å². The van der Waals surface area contributed by atoms with Crippen LogP contribution in [-0.4, -0.2) is 37.7 Å². The lowest BCUT2D eigenvalue weighted by molar-refractivity contribution is -0.167. The fourth-order valence-electron chi connectivity index (χ4n) is 3.21. The maximum atomic E-state index is 12.7. The van der Waals surface area contributed by atoms with E-state index < -0.39 is 11.6 Å². The van der Waals surface area contributed by atoms with Crippen LogP contribution in [0.4, 0.5) is 0 Å². The molecule has 8 heteroatoms. The smallest absolute Gasteiger partial charge is 0.345 e. The number of carbonyl (C=O) groups excluding carboxylic acids is 1. The molecular formula is C23H22N4O4. The number of benzene rings is 2. The lowest BCUT2D eigenvalue weighted by Gasteiger charge is -2.22. The van der Waals surface area contributed by atoms with E-state index in [2.05, 4.69) is 15.3 Å². The van der Waals surface area contributed by atoms with Gasteiger partial charge in [0.2, 0.25) is 11.5 Å². The minimum absolute atomic E-state index is 0.0829. The zero-order valence-corrected chi connectivity index (χ0v) is 17.0. The van der Waals surface area contributed by atoms with E-state index in [4.69, 9.17) is 9.15 Å². The van der Waals surface area contributed by atoms with E-state index in [-0.39, 0.29) is 18.7 Å². The van der Waals surface area contributed by atoms with Crippen molar-refractivity contribution >= 4 is 5.97 Å². The molecule has 0 aliphatic rings. The third-order valence-corrected chi connectivity index (χ3v) is 4.77. The molecule has 4 rings (SSSR count). The number of rotatable bonds is 8. The molecule has 4 aromatic rings. The van der Waals surface area contributed by atoms with Gasteiger partial charge in [-0.25, -0.2) is 14.5 Å². The molecule has 1 atom stereocenters. The summed E-state index contributed by atoms with van der Waals surface area (Å²) in [5.41, 5.74) is -0.165. The lowest BCUT2D eigenvalue weighted by atomic mass is 9.95. The van der Waals surface area contributed by atoms with Crippen molar-refractivity contribution in [3.8, 4) is 11.5 Å². The standard InChI is InChI=1S/C23H22N4O4/c1-2-30-22(28)23(29,13-19-14-24-21(31-19)18-11-7-4-8-12-18)20-16-27(26-25-20)15-17-9-5-3-6-10-17/h3-12,14,16,29H,2,13,15H2,1H3/t23-/m1/s1. The summed E-state index contributed by atoms with van der Waals surface area (Å²) < 4.78 is 12.5. The van der Waals surface area contributed by atoms with E-state index in [1.54, 1.807) is 17.8 Å². The van der Waals surface area contributed by atoms with Crippen molar-refractivity contribution in [3.05, 3.63) is 90.1 Å². The summed E-state index contributed by atoms with van der Waals surface area (Å²) in [6.45, 7) is 2.24. The van der Waals surface area contributed by atoms with Crippen LogP contribution >= 0.6 is 0 Å². The topological polar surface area (TPSA) is 103 Å². The summed E-state index contributed by atoms with van der Waals surface area (Å²) in [5, 5.41) is 19.4. The van der Waals surface area contributed by atoms with Crippen LogP contribution in [0.5, 0.6) is 0 Å². The first-order valence-electron chi connectivity index (χ1n) is 9.93. The summed E-state index contributed by atoms with van der Waals surface area (Å²) in [6, 6.07) is 19.1. The minimum Gasteiger partial charge on any atom is -0.464 e. The highest BCUT2D eigenvalue weighted by atomic mass is 16.5. The van der Waals surface area contributed by atoms with Crippen molar-refractivity contribution in [3.63, 3.8) is 0 Å². The van der Waals surface area contributed by atoms with Gasteiger partial charge >= 0.3 is 5.97 Å². The second-order valence-electron chi connectivity index (χ2n) is 7.04. The van der Waals surface area contributed by atoms with Crippen LogP contribution in [0.1, 0.15) is 23.9 Å². The van der Waals surface area contributed by atoms with Gasteiger partial charge in [0.05, 0.1) is 32.0 Å². The maximum absolute atomic E-state index is 12.7. The Morgan fingerprint density at radius 3 is 2.55 bits per heavy atom. The van der Waals surface area contributed by atoms with Gasteiger partial charge in [-0.05, 0) is 24.6 Å². The Labute approximate surface area is 179 Å². The Morgan fingerprint density at radius 2 is 1.84 bits per heavy atom. The zero-order valence-electron chi connectivity index (χ0n) is 17.0. The van der Waals surface area contributed by atoms with Crippen LogP contribution < -0.4 is 0 Å². The lowest BCUT2D eigenvalue weighted by Crippen LogP contribution is -2.40. The number of carbonyl (C=O) groups is 1. The van der Waals surface area contributed by atoms with Crippen LogP contribution in [0.2, 0.25) is 0 Å². The first kappa shape index (κ1) is 20.5. The van der Waals surface area contributed by atoms with Gasteiger partial charge < -0.3 is 14.3 Å². The van der Waals surface area contributed by atoms with Crippen LogP contribution in [0.15, 0.2) is 77.5 Å². The summed E-state index contributed by atoms with van der Waals surface area (Å²) in [7, 11) is 0. The van der Waals surface area contributed by atoms with Crippen molar-refractivity contribution in [1.82, 2.24) is 20.0 Å². The van der Waals surface area contributed by atoms with Gasteiger partial charge in [0, 0.05) is 5.56 Å². The summed E-state index contributed by atoms with van der Waals surface area (Å²) >= 11 is 0. The van der Waals surface area contributed by atoms with Gasteiger partial charge in [0.25, 0.3) is 0 Å². The first-order chi connectivity index (χ1) is 15.1. The maximum Gasteiger partial charge on any atom is 0.345 e. The predicted octanol–water partition coefficient (Wildman–Crippen LogP) is 2.97. The third-order valence-electron chi connectivity index (χ3n) is 4.77. The molecule has 0 saturated heterocycles. The Kier molecular flexibility index (Phi) is 5.90. The highest BCUT2D eigenvalue weighted by Gasteiger charge is 2.44. The van der Waals surface area contributed by atoms with E-state index in [1.807, 2.05) is 60.7 Å². The third kappa shape index (κ3) is 4.54. The molecule has 0 aliphatic carbocycles. The number of aromatic nitrogens is 4. The van der Waals surface area contributed by atoms with Gasteiger partial charge in [0.15, 0.2) is 0 Å². The molecule has 0 unspecified atom stereocenters. The van der Waals surface area contributed by atoms with Gasteiger partial charge in [-0.1, -0.05) is 53.7 Å². The van der Waals surface area contributed by atoms with Crippen LogP contribution in [0, 0.1) is 0 Å². The second kappa shape index (κ2) is 8.93. The predicted molar refractivity (Wildman–Crippen MR) is 112 cm³/mol. The Hall–Kier alpha value is -3.78. The number of nitrogens with zero attached hydrogens (tertiary/aromatic N) is 4. The van der Waals surface area contributed by atoms with Crippen molar-refractivity contribution < 1.29 is 19.1 Å². The summed E-state index contributed by atoms with van der Waals surface area (Å²) in [4.78, 5) is 17.0. The first-order valence-corrected chi connectivity index (χ1v) is 9.93. The molecule has 0 amide bonds. The molecule has 1 N–H and O–H groups in total. The average molecular weight is 418 g/mol. The van der Waals surface area contributed by atoms with Crippen LogP contribution in [0.3, 0.4) is 0 Å². The molecular weight excluding hydrogens is 396 g/mol. The number of aliphatic hydroxyl groups is 1. The molecule has 31 heavy (non-hydrogen) atoms. The number of ether oxygens (including phenoxy) is 1. The molecule has 158 valence electrons. The van der Waals surface area contributed by atoms with E-state index in [0.717, 1.165) is 11.1 Å². The van der Waals surface area contributed by atoms with Gasteiger partial charge in [-0.2, -0.15) is 0 Å². The molecule has 2 heterocycles. The average Bonchev–Trinajstić information content (AvgIpc) is 3.45. The summed E-state index contributed by atoms with van der Waals surface area (Å²) in [6.07, 6.45) is 2.84. The van der Waals surface area contributed by atoms with Gasteiger partial charge in [-0.15, -0.1) is 5.10 Å². The molecule has 0 fully saturated rings. The SMILES string of the molecule is CCOC(=O)[C@@](O)(Cc1cnc(-c2ccccc2)o1)c1cn(Cc2ccccc2)nn1. The van der Waals surface area contributed by atoms with Crippen LogP contribution in [0.25, 0.3) is 11.5 Å². The minimum atomic E-state index is -2.06. The molecule has 0 radical (unpaired) electrons. The van der Waals surface area contributed by atoms with Crippen molar-refractivity contribution in [2.45, 2.75) is 25.5 Å². The van der Waals surface area contributed by atoms with Crippen molar-refractivity contribution in [1.29, 1.82) is 0 Å². The fourth-order valence-corrected chi connectivity index (χ4v) is 3.21. The quantitative estimate of drug-likeness (QED) is 0.439. The summed E-state index contributed by atoms with van der Waals surface area (Å²) in [5.74, 6) is -0.0963. The number of oxazole rings is 1. The number of hydrogen-bond donors (Lipinski definition) is 1. The number of hydrogen-bond acceptors (Lipinski definition) is 7. The Balaban J connectivity index is 1.60. The van der Waals surface area contributed by atoms with Crippen molar-refractivity contribution in [2.24, 2.45) is 0 Å². The monoisotopic (exact) mass is 418 g/mol. The van der Waals surface area contributed by atoms with E-state index in [1.165, 1.54) is 6.20 Å². The van der Waals surface area contributed by atoms with E-state index >= 15 is 0 Å². The van der Waals surface area contributed by atoms with E-state index in [9.17, 15) is 9.90 Å². The zero-order chi connectivity index (χ0) is 21.7. The number of esters is 1. The highest BCUT2D eigenvalue weighted by Crippen LogP contribution is 2.28. The molecule has 0 saturated carbocycles. The molecule has 0 spiro atoms. The highest BCUT2D eigenvalue weighted by molar-refractivity contribution is 5.80. The van der Waals surface area contributed by atoms with Gasteiger partial charge in [0.1, 0.15) is 11.5 Å². The Morgan fingerprint density at radius 1 is 1.13 bits per heavy atom. The molecule has 0 bridgehead atoms. The Bertz CT molecular complexity index is 1140. The molecule has 2 aromatic carbocycles. The fraction of sp³-hybridized carbons (Fsp3) is 0.217. The second-order valence-corrected chi connectivity index (χ2v) is 7.04. The largest absolute Gasteiger partial charge is 0.464 e. The van der Waals surface area contributed by atoms with Crippen molar-refractivity contribution in [2.75, 3.05) is 6.61 Å². The van der Waals surface area contributed by atoms with E-state index in [0.29, 0.717) is 18.2 Å². The normalized spacial score (nSPS) is 13.0. The van der Waals surface area contributed by atoms with Gasteiger partial charge in [-0.3, -0.25) is 0 Å².